The molecule has 0 aromatic rings. The molecule has 59 heavy (non-hydrogen) atoms. The summed E-state index contributed by atoms with van der Waals surface area (Å²) in [4.78, 5) is 48.2. The first kappa shape index (κ1) is 54.6. The van der Waals surface area contributed by atoms with Crippen molar-refractivity contribution in [2.75, 3.05) is 47.5 Å². The molecule has 3 N–H and O–H groups in total. The van der Waals surface area contributed by atoms with E-state index in [0.717, 1.165) is 89.9 Å². The fourth-order valence-corrected chi connectivity index (χ4v) is 7.43. The van der Waals surface area contributed by atoms with Crippen LogP contribution in [0.1, 0.15) is 149 Å². The predicted molar refractivity (Wildman–Crippen MR) is 234 cm³/mol. The molecule has 0 saturated heterocycles. The third-order valence-electron chi connectivity index (χ3n) is 10.2. The van der Waals surface area contributed by atoms with Gasteiger partial charge in [-0.05, 0) is 57.8 Å². The maximum Gasteiger partial charge on any atom is 0.472 e. The Hall–Kier alpha value is -2.44. The fourth-order valence-electron chi connectivity index (χ4n) is 6.69. The lowest BCUT2D eigenvalue weighted by molar-refractivity contribution is -0.870. The minimum Gasteiger partial charge on any atom is -0.462 e. The van der Waals surface area contributed by atoms with Crippen molar-refractivity contribution in [3.05, 3.63) is 48.6 Å². The van der Waals surface area contributed by atoms with Crippen molar-refractivity contribution >= 4 is 25.5 Å². The van der Waals surface area contributed by atoms with E-state index in [1.165, 1.54) is 0 Å². The Morgan fingerprint density at radius 1 is 0.814 bits per heavy atom. The molecule has 0 radical (unpaired) electrons. The van der Waals surface area contributed by atoms with Gasteiger partial charge in [-0.15, -0.1) is 0 Å². The molecule has 13 heteroatoms. The number of hydrogen-bond acceptors (Lipinski definition) is 10. The molecule has 1 fully saturated rings. The number of esters is 2. The van der Waals surface area contributed by atoms with Crippen molar-refractivity contribution in [2.45, 2.75) is 167 Å². The number of aliphatic hydroxyl groups is 2. The lowest BCUT2D eigenvalue weighted by Crippen LogP contribution is -2.37. The maximum absolute atomic E-state index is 12.7. The van der Waals surface area contributed by atoms with Crippen LogP contribution in [0.15, 0.2) is 48.6 Å². The van der Waals surface area contributed by atoms with Crippen molar-refractivity contribution in [2.24, 2.45) is 11.8 Å². The van der Waals surface area contributed by atoms with E-state index in [1.54, 1.807) is 6.08 Å². The van der Waals surface area contributed by atoms with Crippen LogP contribution in [-0.4, -0.2) is 103 Å². The summed E-state index contributed by atoms with van der Waals surface area (Å²) >= 11 is 0. The Balaban J connectivity index is 2.48. The second-order valence-electron chi connectivity index (χ2n) is 16.8. The zero-order valence-corrected chi connectivity index (χ0v) is 38.1. The van der Waals surface area contributed by atoms with Gasteiger partial charge in [0, 0.05) is 31.1 Å². The topological polar surface area (TPSA) is 166 Å². The van der Waals surface area contributed by atoms with E-state index in [-0.39, 0.29) is 50.1 Å². The Morgan fingerprint density at radius 3 is 2.12 bits per heavy atom. The molecule has 1 aliphatic rings. The number of nitrogens with zero attached hydrogens (tertiary/aromatic N) is 1. The molecule has 0 aliphatic heterocycles. The van der Waals surface area contributed by atoms with E-state index in [9.17, 15) is 34.1 Å². The number of phosphoric acid groups is 1. The summed E-state index contributed by atoms with van der Waals surface area (Å²) in [5.74, 6) is -1.50. The second kappa shape index (κ2) is 33.2. The van der Waals surface area contributed by atoms with Gasteiger partial charge in [0.2, 0.25) is 0 Å². The SMILES string of the molecule is CC/C=C\C/C=C\C/C=C\CCCCCCCC(=O)O[C@H](COC(=O)CCCCCC[C@H]1C(=O)C[C@@H](O)[C@@H]1/C=C/[C@@H](O)CCCCC)COP(=O)(O)OCC[N+](C)(C)C. The smallest absolute Gasteiger partial charge is 0.462 e. The number of phosphoric ester groups is 1. The van der Waals surface area contributed by atoms with Crippen molar-refractivity contribution < 1.29 is 57.1 Å². The first-order chi connectivity index (χ1) is 28.2. The van der Waals surface area contributed by atoms with Crippen molar-refractivity contribution in [3.63, 3.8) is 0 Å². The van der Waals surface area contributed by atoms with Crippen molar-refractivity contribution in [3.8, 4) is 0 Å². The zero-order chi connectivity index (χ0) is 43.8. The first-order valence-electron chi connectivity index (χ1n) is 22.5. The fraction of sp³-hybridized carbons (Fsp3) is 0.761. The van der Waals surface area contributed by atoms with Gasteiger partial charge in [-0.2, -0.15) is 0 Å². The van der Waals surface area contributed by atoms with Crippen LogP contribution < -0.4 is 0 Å². The van der Waals surface area contributed by atoms with Crippen LogP contribution in [0.25, 0.3) is 0 Å². The lowest BCUT2D eigenvalue weighted by atomic mass is 9.88. The number of ketones is 1. The summed E-state index contributed by atoms with van der Waals surface area (Å²) in [5, 5.41) is 20.7. The number of Topliss-reactive ketones (excluding diaryl/α,β-unsaturated/α-hetero) is 1. The number of ether oxygens (including phenoxy) is 2. The Bertz CT molecular complexity index is 1310. The quantitative estimate of drug-likeness (QED) is 0.0181. The molecule has 1 unspecified atom stereocenters. The van der Waals surface area contributed by atoms with Crippen molar-refractivity contribution in [1.82, 2.24) is 0 Å². The number of hydrogen-bond donors (Lipinski definition) is 3. The molecular formula is C46H81NO11P+. The summed E-state index contributed by atoms with van der Waals surface area (Å²) in [6.07, 6.45) is 30.6. The largest absolute Gasteiger partial charge is 0.472 e. The van der Waals surface area contributed by atoms with Gasteiger partial charge in [-0.25, -0.2) is 4.57 Å². The van der Waals surface area contributed by atoms with Gasteiger partial charge in [0.15, 0.2) is 6.10 Å². The van der Waals surface area contributed by atoms with Gasteiger partial charge < -0.3 is 29.1 Å². The molecule has 0 heterocycles. The number of quaternary nitrogens is 1. The molecule has 1 aliphatic carbocycles. The van der Waals surface area contributed by atoms with E-state index in [2.05, 4.69) is 50.3 Å². The molecule has 0 aromatic carbocycles. The van der Waals surface area contributed by atoms with Crippen LogP contribution >= 0.6 is 7.82 Å². The van der Waals surface area contributed by atoms with E-state index in [1.807, 2.05) is 27.2 Å². The van der Waals surface area contributed by atoms with Gasteiger partial charge in [0.1, 0.15) is 25.5 Å². The number of likely N-dealkylation sites (N-methyl/N-ethyl adjacent to an activating group) is 1. The third-order valence-corrected chi connectivity index (χ3v) is 11.2. The monoisotopic (exact) mass is 855 g/mol. The molecule has 6 atom stereocenters. The summed E-state index contributed by atoms with van der Waals surface area (Å²) < 4.78 is 34.2. The van der Waals surface area contributed by atoms with Gasteiger partial charge >= 0.3 is 19.8 Å². The highest BCUT2D eigenvalue weighted by Crippen LogP contribution is 2.43. The Labute approximate surface area is 356 Å². The van der Waals surface area contributed by atoms with Crippen LogP contribution in [0.3, 0.4) is 0 Å². The second-order valence-corrected chi connectivity index (χ2v) is 18.3. The highest BCUT2D eigenvalue weighted by molar-refractivity contribution is 7.47. The van der Waals surface area contributed by atoms with Crippen LogP contribution in [0, 0.1) is 11.8 Å². The highest BCUT2D eigenvalue weighted by atomic mass is 31.2. The minimum atomic E-state index is -4.44. The van der Waals surface area contributed by atoms with Gasteiger partial charge in [0.25, 0.3) is 0 Å². The average Bonchev–Trinajstić information content (AvgIpc) is 3.44. The summed E-state index contributed by atoms with van der Waals surface area (Å²) in [6.45, 7) is 3.90. The van der Waals surface area contributed by atoms with Gasteiger partial charge in [-0.3, -0.25) is 23.4 Å². The van der Waals surface area contributed by atoms with E-state index >= 15 is 0 Å². The third kappa shape index (κ3) is 30.3. The standard InChI is InChI=1S/C46H80NO11P/c1-6-8-10-11-12-13-14-15-16-17-18-19-20-21-27-31-46(52)58-40(38-57-59(53,54)56-35-34-47(3,4)5)37-55-45(51)30-26-23-22-25-29-41-42(44(50)36-43(41)49)33-32-39(48)28-24-9-7-2/h8,10,12-13,15-16,32-33,39-42,44,48,50H,6-7,9,11,14,17-31,34-38H2,1-5H3/p+1/b10-8-,13-12-,16-15-,33-32+/t39-,40+,41+,42+,44+/m0/s1. The Kier molecular flexibility index (Phi) is 30.7. The average molecular weight is 855 g/mol. The normalized spacial score (nSPS) is 19.7. The van der Waals surface area contributed by atoms with Crippen LogP contribution in [0.4, 0.5) is 0 Å². The summed E-state index contributed by atoms with van der Waals surface area (Å²) in [7, 11) is 1.32. The molecule has 0 aromatic heterocycles. The zero-order valence-electron chi connectivity index (χ0n) is 37.2. The van der Waals surface area contributed by atoms with Gasteiger partial charge in [-0.1, -0.05) is 120 Å². The molecular weight excluding hydrogens is 773 g/mol. The minimum absolute atomic E-state index is 0.0125. The molecule has 340 valence electrons. The van der Waals surface area contributed by atoms with E-state index < -0.39 is 44.7 Å². The van der Waals surface area contributed by atoms with Crippen LogP contribution in [0.2, 0.25) is 0 Å². The van der Waals surface area contributed by atoms with E-state index in [0.29, 0.717) is 36.7 Å². The summed E-state index contributed by atoms with van der Waals surface area (Å²) in [5.41, 5.74) is 0. The molecule has 12 nitrogen and oxygen atoms in total. The number of rotatable bonds is 36. The van der Waals surface area contributed by atoms with Crippen molar-refractivity contribution in [1.29, 1.82) is 0 Å². The van der Waals surface area contributed by atoms with Gasteiger partial charge in [0.05, 0.1) is 40.0 Å². The lowest BCUT2D eigenvalue weighted by Gasteiger charge is -2.24. The number of aliphatic hydroxyl groups excluding tert-OH is 2. The van der Waals surface area contributed by atoms with E-state index in [4.69, 9.17) is 18.5 Å². The molecule has 0 amide bonds. The van der Waals surface area contributed by atoms with Crippen LogP contribution in [0.5, 0.6) is 0 Å². The molecule has 0 spiro atoms. The summed E-state index contributed by atoms with van der Waals surface area (Å²) in [6, 6.07) is 0. The highest BCUT2D eigenvalue weighted by Gasteiger charge is 2.39. The molecule has 0 bridgehead atoms. The Morgan fingerprint density at radius 2 is 1.44 bits per heavy atom. The molecule has 1 saturated carbocycles. The number of allylic oxidation sites excluding steroid dienone is 6. The van der Waals surface area contributed by atoms with Crippen LogP contribution in [-0.2, 0) is 37.5 Å². The maximum atomic E-state index is 12.7. The first-order valence-corrected chi connectivity index (χ1v) is 24.0. The molecule has 1 rings (SSSR count). The number of carbonyl (C=O) groups is 3. The predicted octanol–water partition coefficient (Wildman–Crippen LogP) is 9.27. The number of unbranched alkanes of at least 4 members (excludes halogenated alkanes) is 10. The number of carbonyl (C=O) groups excluding carboxylic acids is 3.